The summed E-state index contributed by atoms with van der Waals surface area (Å²) in [5.41, 5.74) is 1.14. The van der Waals surface area contributed by atoms with Crippen LogP contribution in [-0.4, -0.2) is 49.4 Å². The SMILES string of the molecule is CC.CC.CN1CCN(C(NC=O)c2ccccc2)CC1. The van der Waals surface area contributed by atoms with Gasteiger partial charge in [-0.2, -0.15) is 0 Å². The standard InChI is InChI=1S/C13H19N3O.2C2H6/c1-15-7-9-16(10-8-15)13(14-11-17)12-5-3-2-4-6-12;2*1-2/h2-6,11,13H,7-10H2,1H3,(H,14,17);2*1-2H3. The summed E-state index contributed by atoms with van der Waals surface area (Å²) in [6.07, 6.45) is 0.790. The Morgan fingerprint density at radius 3 is 2.00 bits per heavy atom. The Morgan fingerprint density at radius 2 is 1.52 bits per heavy atom. The largest absolute Gasteiger partial charge is 0.339 e. The van der Waals surface area contributed by atoms with E-state index in [1.807, 2.05) is 45.9 Å². The van der Waals surface area contributed by atoms with Crippen molar-refractivity contribution in [2.24, 2.45) is 0 Å². The number of likely N-dealkylation sites (N-methyl/N-ethyl adjacent to an activating group) is 1. The molecule has 0 spiro atoms. The number of hydrogen-bond donors (Lipinski definition) is 1. The van der Waals surface area contributed by atoms with E-state index in [4.69, 9.17) is 0 Å². The quantitative estimate of drug-likeness (QED) is 0.867. The van der Waals surface area contributed by atoms with E-state index in [2.05, 4.69) is 34.3 Å². The van der Waals surface area contributed by atoms with Gasteiger partial charge in [-0.15, -0.1) is 0 Å². The summed E-state index contributed by atoms with van der Waals surface area (Å²) in [6, 6.07) is 10.1. The van der Waals surface area contributed by atoms with Gasteiger partial charge in [-0.3, -0.25) is 9.69 Å². The Kier molecular flexibility index (Phi) is 11.5. The lowest BCUT2D eigenvalue weighted by molar-refractivity contribution is -0.111. The van der Waals surface area contributed by atoms with Crippen LogP contribution in [0.1, 0.15) is 39.4 Å². The van der Waals surface area contributed by atoms with Gasteiger partial charge >= 0.3 is 0 Å². The minimum absolute atomic E-state index is 0.00222. The zero-order chi connectivity index (χ0) is 16.1. The van der Waals surface area contributed by atoms with Crippen LogP contribution in [0, 0.1) is 0 Å². The molecule has 1 atom stereocenters. The van der Waals surface area contributed by atoms with E-state index in [1.54, 1.807) is 0 Å². The van der Waals surface area contributed by atoms with Crippen LogP contribution < -0.4 is 5.32 Å². The first-order valence-corrected chi connectivity index (χ1v) is 7.98. The average Bonchev–Trinajstić information content (AvgIpc) is 2.58. The summed E-state index contributed by atoms with van der Waals surface area (Å²) in [5, 5.41) is 2.91. The maximum absolute atomic E-state index is 10.7. The summed E-state index contributed by atoms with van der Waals surface area (Å²) in [4.78, 5) is 15.4. The fourth-order valence-corrected chi connectivity index (χ4v) is 2.19. The van der Waals surface area contributed by atoms with Crippen molar-refractivity contribution in [3.05, 3.63) is 35.9 Å². The first-order valence-electron chi connectivity index (χ1n) is 7.98. The molecule has 0 saturated carbocycles. The third kappa shape index (κ3) is 6.74. The molecule has 4 nitrogen and oxygen atoms in total. The van der Waals surface area contributed by atoms with Crippen LogP contribution in [0.3, 0.4) is 0 Å². The second kappa shape index (κ2) is 12.4. The van der Waals surface area contributed by atoms with Crippen LogP contribution in [0.25, 0.3) is 0 Å². The predicted octanol–water partition coefficient (Wildman–Crippen LogP) is 2.73. The predicted molar refractivity (Wildman–Crippen MR) is 90.1 cm³/mol. The van der Waals surface area contributed by atoms with Crippen molar-refractivity contribution in [1.82, 2.24) is 15.1 Å². The topological polar surface area (TPSA) is 35.6 Å². The number of nitrogens with zero attached hydrogens (tertiary/aromatic N) is 2. The van der Waals surface area contributed by atoms with E-state index in [1.165, 1.54) is 0 Å². The van der Waals surface area contributed by atoms with Gasteiger partial charge in [-0.05, 0) is 12.6 Å². The third-order valence-electron chi connectivity index (χ3n) is 3.24. The minimum Gasteiger partial charge on any atom is -0.339 e. The molecular weight excluding hydrogens is 262 g/mol. The lowest BCUT2D eigenvalue weighted by atomic mass is 10.1. The number of nitrogens with one attached hydrogen (secondary N) is 1. The summed E-state index contributed by atoms with van der Waals surface area (Å²) in [5.74, 6) is 0. The third-order valence-corrected chi connectivity index (χ3v) is 3.24. The second-order valence-corrected chi connectivity index (χ2v) is 4.44. The van der Waals surface area contributed by atoms with Crippen molar-refractivity contribution in [1.29, 1.82) is 0 Å². The van der Waals surface area contributed by atoms with Gasteiger partial charge in [0.05, 0.1) is 0 Å². The van der Waals surface area contributed by atoms with Crippen LogP contribution in [0.4, 0.5) is 0 Å². The smallest absolute Gasteiger partial charge is 0.208 e. The molecule has 1 amide bonds. The number of amides is 1. The Morgan fingerprint density at radius 1 is 1.00 bits per heavy atom. The molecule has 2 rings (SSSR count). The highest BCUT2D eigenvalue weighted by Gasteiger charge is 2.22. The van der Waals surface area contributed by atoms with Crippen molar-refractivity contribution in [3.8, 4) is 0 Å². The first-order chi connectivity index (χ1) is 10.3. The van der Waals surface area contributed by atoms with Gasteiger partial charge < -0.3 is 10.2 Å². The van der Waals surface area contributed by atoms with E-state index in [0.29, 0.717) is 0 Å². The van der Waals surface area contributed by atoms with E-state index in [0.717, 1.165) is 38.2 Å². The fourth-order valence-electron chi connectivity index (χ4n) is 2.19. The van der Waals surface area contributed by atoms with Gasteiger partial charge in [-0.25, -0.2) is 0 Å². The Hall–Kier alpha value is -1.39. The number of benzene rings is 1. The molecule has 4 heteroatoms. The molecule has 1 aromatic rings. The average molecular weight is 293 g/mol. The maximum Gasteiger partial charge on any atom is 0.208 e. The molecule has 0 bridgehead atoms. The highest BCUT2D eigenvalue weighted by molar-refractivity contribution is 5.47. The van der Waals surface area contributed by atoms with Gasteiger partial charge in [-0.1, -0.05) is 58.0 Å². The molecular formula is C17H31N3O. The molecule has 120 valence electrons. The zero-order valence-electron chi connectivity index (χ0n) is 14.2. The highest BCUT2D eigenvalue weighted by Crippen LogP contribution is 2.18. The van der Waals surface area contributed by atoms with E-state index < -0.39 is 0 Å². The van der Waals surface area contributed by atoms with E-state index >= 15 is 0 Å². The molecule has 0 aliphatic carbocycles. The van der Waals surface area contributed by atoms with E-state index in [-0.39, 0.29) is 6.17 Å². The van der Waals surface area contributed by atoms with Crippen LogP contribution >= 0.6 is 0 Å². The molecule has 1 heterocycles. The van der Waals surface area contributed by atoms with Crippen molar-refractivity contribution in [3.63, 3.8) is 0 Å². The number of piperazine rings is 1. The molecule has 0 radical (unpaired) electrons. The lowest BCUT2D eigenvalue weighted by Gasteiger charge is -2.37. The highest BCUT2D eigenvalue weighted by atomic mass is 16.1. The summed E-state index contributed by atoms with van der Waals surface area (Å²) < 4.78 is 0. The monoisotopic (exact) mass is 293 g/mol. The van der Waals surface area contributed by atoms with Gasteiger partial charge in [0.25, 0.3) is 0 Å². The van der Waals surface area contributed by atoms with Gasteiger partial charge in [0.15, 0.2) is 0 Å². The summed E-state index contributed by atoms with van der Waals surface area (Å²) >= 11 is 0. The fraction of sp³-hybridized carbons (Fsp3) is 0.588. The number of carbonyl (C=O) groups excluding carboxylic acids is 1. The van der Waals surface area contributed by atoms with Crippen molar-refractivity contribution in [2.45, 2.75) is 33.9 Å². The number of rotatable bonds is 4. The Labute approximate surface area is 130 Å². The number of hydrogen-bond acceptors (Lipinski definition) is 3. The second-order valence-electron chi connectivity index (χ2n) is 4.44. The van der Waals surface area contributed by atoms with Gasteiger partial charge in [0.2, 0.25) is 6.41 Å². The van der Waals surface area contributed by atoms with Crippen molar-refractivity contribution in [2.75, 3.05) is 33.2 Å². The molecule has 1 N–H and O–H groups in total. The zero-order valence-corrected chi connectivity index (χ0v) is 14.2. The molecule has 1 aliphatic heterocycles. The van der Waals surface area contributed by atoms with Crippen LogP contribution in [0.5, 0.6) is 0 Å². The first kappa shape index (κ1) is 19.6. The molecule has 1 saturated heterocycles. The minimum atomic E-state index is 0.00222. The van der Waals surface area contributed by atoms with Gasteiger partial charge in [0.1, 0.15) is 6.17 Å². The molecule has 21 heavy (non-hydrogen) atoms. The van der Waals surface area contributed by atoms with Crippen molar-refractivity contribution < 1.29 is 4.79 Å². The lowest BCUT2D eigenvalue weighted by Crippen LogP contribution is -2.49. The molecule has 1 fully saturated rings. The Balaban J connectivity index is 0.000000921. The number of carbonyl (C=O) groups is 1. The maximum atomic E-state index is 10.7. The molecule has 1 unspecified atom stereocenters. The normalized spacial score (nSPS) is 16.6. The van der Waals surface area contributed by atoms with Crippen LogP contribution in [-0.2, 0) is 4.79 Å². The molecule has 1 aliphatic rings. The molecule has 0 aromatic heterocycles. The van der Waals surface area contributed by atoms with Crippen molar-refractivity contribution >= 4 is 6.41 Å². The van der Waals surface area contributed by atoms with Crippen LogP contribution in [0.2, 0.25) is 0 Å². The molecule has 1 aromatic carbocycles. The summed E-state index contributed by atoms with van der Waals surface area (Å²) in [7, 11) is 2.13. The summed E-state index contributed by atoms with van der Waals surface area (Å²) in [6.45, 7) is 12.1. The van der Waals surface area contributed by atoms with Gasteiger partial charge in [0, 0.05) is 26.2 Å². The van der Waals surface area contributed by atoms with Crippen LogP contribution in [0.15, 0.2) is 30.3 Å². The van der Waals surface area contributed by atoms with E-state index in [9.17, 15) is 4.79 Å². The Bertz CT molecular complexity index is 348.